The molecule has 9 aromatic carbocycles. The Labute approximate surface area is 344 Å². The first kappa shape index (κ1) is 33.8. The van der Waals surface area contributed by atoms with Crippen LogP contribution >= 0.6 is 0 Å². The van der Waals surface area contributed by atoms with Crippen LogP contribution in [0.1, 0.15) is 0 Å². The van der Waals surface area contributed by atoms with Crippen molar-refractivity contribution in [2.75, 3.05) is 0 Å². The number of hydrogen-bond donors (Lipinski definition) is 0. The van der Waals surface area contributed by atoms with Crippen molar-refractivity contribution in [1.29, 1.82) is 0 Å². The maximum absolute atomic E-state index is 7.06. The number of aromatic nitrogens is 1. The quantitative estimate of drug-likeness (QED) is 0.125. The van der Waals surface area contributed by atoms with Gasteiger partial charge in [0.15, 0.2) is 8.07 Å². The van der Waals surface area contributed by atoms with E-state index in [1.807, 2.05) is 0 Å². The molecule has 0 fully saturated rings. The van der Waals surface area contributed by atoms with Gasteiger partial charge in [-0.3, -0.25) is 0 Å². The molecule has 0 aliphatic carbocycles. The molecule has 1 aromatic heterocycles. The zero-order chi connectivity index (χ0) is 38.9. The van der Waals surface area contributed by atoms with Gasteiger partial charge in [-0.15, -0.1) is 0 Å². The molecule has 0 atom stereocenters. The number of para-hydroxylation sites is 3. The van der Waals surface area contributed by atoms with Crippen LogP contribution in [0.5, 0.6) is 17.2 Å². The zero-order valence-corrected chi connectivity index (χ0v) is 33.1. The molecule has 0 amide bonds. The van der Waals surface area contributed by atoms with Gasteiger partial charge in [-0.05, 0) is 79.9 Å². The average Bonchev–Trinajstić information content (AvgIpc) is 3.65. The molecule has 0 bridgehead atoms. The third kappa shape index (κ3) is 5.15. The molecule has 3 nitrogen and oxygen atoms in total. The van der Waals surface area contributed by atoms with E-state index < -0.39 is 8.07 Å². The topological polar surface area (TPSA) is 23.4 Å². The Balaban J connectivity index is 1.01. The molecular weight excluding hydrogens is 733 g/mol. The largest absolute Gasteiger partial charge is 0.551 e. The summed E-state index contributed by atoms with van der Waals surface area (Å²) in [5.74, 6) is 2.56. The Hall–Kier alpha value is -7.34. The summed E-state index contributed by atoms with van der Waals surface area (Å²) in [6, 6.07) is 79.3. The van der Waals surface area contributed by atoms with Crippen molar-refractivity contribution in [2.24, 2.45) is 0 Å². The van der Waals surface area contributed by atoms with Crippen molar-refractivity contribution in [3.05, 3.63) is 218 Å². The van der Waals surface area contributed by atoms with Crippen LogP contribution in [-0.2, 0) is 0 Å². The van der Waals surface area contributed by atoms with Crippen molar-refractivity contribution < 1.29 is 9.39 Å². The number of fused-ring (bicyclic) bond motifs is 7. The van der Waals surface area contributed by atoms with Gasteiger partial charge in [0, 0.05) is 32.9 Å². The first-order valence-corrected chi connectivity index (χ1v) is 22.3. The highest BCUT2D eigenvalue weighted by Gasteiger charge is 2.46. The van der Waals surface area contributed by atoms with E-state index in [2.05, 4.69) is 223 Å². The Morgan fingerprint density at radius 1 is 0.390 bits per heavy atom. The van der Waals surface area contributed by atoms with E-state index in [1.54, 1.807) is 0 Å². The fourth-order valence-corrected chi connectivity index (χ4v) is 14.6. The van der Waals surface area contributed by atoms with Gasteiger partial charge in [-0.2, -0.15) is 0 Å². The summed E-state index contributed by atoms with van der Waals surface area (Å²) in [6.45, 7) is -0.328. The molecule has 0 unspecified atom stereocenters. The van der Waals surface area contributed by atoms with Gasteiger partial charge in [0.1, 0.15) is 17.2 Å². The summed E-state index contributed by atoms with van der Waals surface area (Å²) in [4.78, 5) is 0. The third-order valence-electron chi connectivity index (χ3n) is 12.4. The van der Waals surface area contributed by atoms with E-state index in [1.165, 1.54) is 42.6 Å². The lowest BCUT2D eigenvalue weighted by Gasteiger charge is -2.38. The highest BCUT2D eigenvalue weighted by molar-refractivity contribution is 7.20. The first-order chi connectivity index (χ1) is 29.3. The van der Waals surface area contributed by atoms with Gasteiger partial charge in [-0.25, -0.2) is 0 Å². The minimum Gasteiger partial charge on any atom is -0.551 e. The SMILES string of the molecule is c1ccc([Si](c2ccccc2)(c2ccccc2)c2cc3c4c(c2)-c2ccccc2OB4c2cc(-c4ccc(-n5c6ccccc6c6ccccc65)cc4)ccc2O3)cc1. The van der Waals surface area contributed by atoms with Gasteiger partial charge in [0.25, 0.3) is 0 Å². The molecule has 0 saturated heterocycles. The minimum atomic E-state index is -2.85. The number of nitrogens with zero attached hydrogens (tertiary/aromatic N) is 1. The molecule has 2 aliphatic rings. The zero-order valence-electron chi connectivity index (χ0n) is 32.1. The molecule has 0 radical (unpaired) electrons. The van der Waals surface area contributed by atoms with Crippen molar-refractivity contribution in [2.45, 2.75) is 0 Å². The highest BCUT2D eigenvalue weighted by Crippen LogP contribution is 2.40. The standard InChI is InChI=1S/C54H36BNO2Si/c1-4-16-40(17-5-1)59(41-18-6-2-7-19-41,42-20-8-3-9-21-42)43-35-47-46-24-12-15-27-51(46)58-55-48-34-38(30-33-52(48)57-53(36-43)54(47)55)37-28-31-39(32-29-37)56-49-25-13-10-22-44(49)45-23-11-14-26-50(45)56/h1-36H. The Bertz CT molecular complexity index is 3070. The van der Waals surface area contributed by atoms with Crippen LogP contribution in [0, 0.1) is 0 Å². The molecule has 0 N–H and O–H groups in total. The molecule has 2 aliphatic heterocycles. The van der Waals surface area contributed by atoms with Crippen LogP contribution in [0.2, 0.25) is 0 Å². The van der Waals surface area contributed by atoms with Crippen molar-refractivity contribution >= 4 is 68.5 Å². The average molecular weight is 770 g/mol. The molecule has 0 spiro atoms. The van der Waals surface area contributed by atoms with Crippen molar-refractivity contribution in [3.8, 4) is 45.2 Å². The van der Waals surface area contributed by atoms with E-state index in [0.29, 0.717) is 0 Å². The Morgan fingerprint density at radius 3 is 1.56 bits per heavy atom. The van der Waals surface area contributed by atoms with E-state index in [-0.39, 0.29) is 6.92 Å². The van der Waals surface area contributed by atoms with E-state index in [4.69, 9.17) is 9.39 Å². The lowest BCUT2D eigenvalue weighted by atomic mass is 9.50. The lowest BCUT2D eigenvalue weighted by molar-refractivity contribution is 0.480. The maximum atomic E-state index is 7.06. The summed E-state index contributed by atoms with van der Waals surface area (Å²) < 4.78 is 16.4. The second-order valence-corrected chi connectivity index (χ2v) is 19.4. The molecule has 5 heteroatoms. The first-order valence-electron chi connectivity index (χ1n) is 20.3. The molecule has 59 heavy (non-hydrogen) atoms. The summed E-state index contributed by atoms with van der Waals surface area (Å²) in [6.07, 6.45) is 0. The van der Waals surface area contributed by atoms with E-state index >= 15 is 0 Å². The molecule has 0 saturated carbocycles. The van der Waals surface area contributed by atoms with Crippen LogP contribution in [0.25, 0.3) is 49.7 Å². The maximum Gasteiger partial charge on any atom is 0.434 e. The van der Waals surface area contributed by atoms with Gasteiger partial charge >= 0.3 is 6.92 Å². The number of ether oxygens (including phenoxy) is 1. The molecule has 276 valence electrons. The molecular formula is C54H36BNO2Si. The van der Waals surface area contributed by atoms with Crippen LogP contribution in [0.3, 0.4) is 0 Å². The monoisotopic (exact) mass is 769 g/mol. The fraction of sp³-hybridized carbons (Fsp3) is 0. The van der Waals surface area contributed by atoms with Gasteiger partial charge in [0.05, 0.1) is 11.0 Å². The number of rotatable bonds is 6. The van der Waals surface area contributed by atoms with E-state index in [0.717, 1.165) is 56.1 Å². The van der Waals surface area contributed by atoms with Crippen molar-refractivity contribution in [1.82, 2.24) is 4.57 Å². The van der Waals surface area contributed by atoms with Gasteiger partial charge in [0.2, 0.25) is 0 Å². The Kier molecular flexibility index (Phi) is 7.65. The third-order valence-corrected chi connectivity index (χ3v) is 17.2. The van der Waals surface area contributed by atoms with Crippen molar-refractivity contribution in [3.63, 3.8) is 0 Å². The predicted molar refractivity (Wildman–Crippen MR) is 247 cm³/mol. The number of benzene rings is 9. The summed E-state index contributed by atoms with van der Waals surface area (Å²) >= 11 is 0. The highest BCUT2D eigenvalue weighted by atomic mass is 28.3. The fourth-order valence-electron chi connectivity index (χ4n) is 9.83. The molecule has 3 heterocycles. The minimum absolute atomic E-state index is 0.328. The van der Waals surface area contributed by atoms with Crippen LogP contribution in [0.15, 0.2) is 218 Å². The summed E-state index contributed by atoms with van der Waals surface area (Å²) in [7, 11) is -2.85. The summed E-state index contributed by atoms with van der Waals surface area (Å²) in [5, 5.41) is 7.77. The summed E-state index contributed by atoms with van der Waals surface area (Å²) in [5.41, 5.74) is 10.2. The van der Waals surface area contributed by atoms with Gasteiger partial charge < -0.3 is 14.0 Å². The second-order valence-electron chi connectivity index (χ2n) is 15.5. The van der Waals surface area contributed by atoms with E-state index in [9.17, 15) is 0 Å². The Morgan fingerprint density at radius 2 is 0.932 bits per heavy atom. The predicted octanol–water partition coefficient (Wildman–Crippen LogP) is 9.10. The molecule has 10 aromatic rings. The van der Waals surface area contributed by atoms with Crippen LogP contribution in [0.4, 0.5) is 0 Å². The van der Waals surface area contributed by atoms with Crippen LogP contribution in [-0.4, -0.2) is 19.6 Å². The smallest absolute Gasteiger partial charge is 0.434 e. The lowest BCUT2D eigenvalue weighted by Crippen LogP contribution is -2.75. The van der Waals surface area contributed by atoms with Crippen LogP contribution < -0.4 is 41.1 Å². The second kappa shape index (κ2) is 13.4. The van der Waals surface area contributed by atoms with Gasteiger partial charge in [-0.1, -0.05) is 176 Å². The molecule has 12 rings (SSSR count). The number of hydrogen-bond acceptors (Lipinski definition) is 2. The normalized spacial score (nSPS) is 12.6.